The highest BCUT2D eigenvalue weighted by molar-refractivity contribution is 6.30. The molecule has 0 aliphatic heterocycles. The van der Waals surface area contributed by atoms with Crippen molar-refractivity contribution in [1.29, 1.82) is 0 Å². The van der Waals surface area contributed by atoms with Gasteiger partial charge in [-0.2, -0.15) is 0 Å². The zero-order valence-corrected chi connectivity index (χ0v) is 19.7. The second kappa shape index (κ2) is 14.9. The number of ether oxygens (including phenoxy) is 1. The number of carbonyl (C=O) groups excluding carboxylic acids is 1. The first-order valence-electron chi connectivity index (χ1n) is 10.6. The molecule has 166 valence electrons. The first-order valence-corrected chi connectivity index (χ1v) is 11.0. The maximum atomic E-state index is 12.9. The van der Waals surface area contributed by atoms with Gasteiger partial charge in [0.1, 0.15) is 0 Å². The summed E-state index contributed by atoms with van der Waals surface area (Å²) >= 11 is 6.06. The average Bonchev–Trinajstić information content (AvgIpc) is 2.75. The molecule has 0 saturated heterocycles. The second-order valence-corrected chi connectivity index (χ2v) is 7.92. The van der Waals surface area contributed by atoms with Gasteiger partial charge in [-0.25, -0.2) is 0 Å². The molecule has 5 heteroatoms. The van der Waals surface area contributed by atoms with Crippen molar-refractivity contribution in [3.63, 3.8) is 0 Å². The van der Waals surface area contributed by atoms with Crippen molar-refractivity contribution in [2.75, 3.05) is 33.9 Å². The van der Waals surface area contributed by atoms with Crippen molar-refractivity contribution in [2.24, 2.45) is 5.92 Å². The molecule has 1 rings (SSSR count). The Hall–Kier alpha value is -2.04. The van der Waals surface area contributed by atoms with Crippen LogP contribution in [0.2, 0.25) is 5.02 Å². The smallest absolute Gasteiger partial charge is 0.226 e. The summed E-state index contributed by atoms with van der Waals surface area (Å²) in [4.78, 5) is 14.9. The SMILES string of the molecule is C=CN(C)C/C=C\C(CCC)=C(\Cc1ccc(Cl)cc1)C(C)C(=O)NCCCOC. The number of nitrogens with one attached hydrogen (secondary N) is 1. The summed E-state index contributed by atoms with van der Waals surface area (Å²) in [6.45, 7) is 10.00. The highest BCUT2D eigenvalue weighted by Gasteiger charge is 2.20. The van der Waals surface area contributed by atoms with E-state index < -0.39 is 0 Å². The lowest BCUT2D eigenvalue weighted by Gasteiger charge is -2.20. The topological polar surface area (TPSA) is 41.6 Å². The Kier molecular flexibility index (Phi) is 12.9. The third-order valence-corrected chi connectivity index (χ3v) is 5.26. The number of nitrogens with zero attached hydrogens (tertiary/aromatic N) is 1. The van der Waals surface area contributed by atoms with Gasteiger partial charge >= 0.3 is 0 Å². The first-order chi connectivity index (χ1) is 14.4. The Morgan fingerprint density at radius 3 is 2.63 bits per heavy atom. The van der Waals surface area contributed by atoms with Gasteiger partial charge in [0.2, 0.25) is 5.91 Å². The summed E-state index contributed by atoms with van der Waals surface area (Å²) < 4.78 is 5.07. The van der Waals surface area contributed by atoms with Crippen LogP contribution in [0.1, 0.15) is 38.7 Å². The van der Waals surface area contributed by atoms with E-state index in [2.05, 4.69) is 31.0 Å². The summed E-state index contributed by atoms with van der Waals surface area (Å²) in [7, 11) is 3.66. The Bertz CT molecular complexity index is 710. The molecule has 1 amide bonds. The number of methoxy groups -OCH3 is 1. The number of likely N-dealkylation sites (N-methyl/N-ethyl adjacent to an activating group) is 1. The van der Waals surface area contributed by atoms with Crippen LogP contribution in [-0.4, -0.2) is 44.7 Å². The van der Waals surface area contributed by atoms with Crippen LogP contribution in [0.15, 0.2) is 60.3 Å². The lowest BCUT2D eigenvalue weighted by atomic mass is 9.87. The number of hydrogen-bond donors (Lipinski definition) is 1. The van der Waals surface area contributed by atoms with E-state index in [9.17, 15) is 4.79 Å². The number of carbonyl (C=O) groups is 1. The fourth-order valence-electron chi connectivity index (χ4n) is 3.16. The predicted molar refractivity (Wildman–Crippen MR) is 128 cm³/mol. The third-order valence-electron chi connectivity index (χ3n) is 5.00. The zero-order chi connectivity index (χ0) is 22.4. The lowest BCUT2D eigenvalue weighted by molar-refractivity contribution is -0.123. The van der Waals surface area contributed by atoms with Crippen LogP contribution in [0.4, 0.5) is 0 Å². The van der Waals surface area contributed by atoms with Gasteiger partial charge in [0.05, 0.1) is 5.92 Å². The second-order valence-electron chi connectivity index (χ2n) is 7.49. The fourth-order valence-corrected chi connectivity index (χ4v) is 3.29. The Morgan fingerprint density at radius 2 is 2.03 bits per heavy atom. The molecular formula is C25H37ClN2O2. The number of halogens is 1. The minimum atomic E-state index is -0.216. The zero-order valence-electron chi connectivity index (χ0n) is 18.9. The van der Waals surface area contributed by atoms with E-state index in [1.165, 1.54) is 5.57 Å². The number of benzene rings is 1. The normalized spacial score (nSPS) is 13.1. The summed E-state index contributed by atoms with van der Waals surface area (Å²) in [5.74, 6) is -0.160. The van der Waals surface area contributed by atoms with E-state index in [0.29, 0.717) is 18.2 Å². The Morgan fingerprint density at radius 1 is 1.33 bits per heavy atom. The van der Waals surface area contributed by atoms with Gasteiger partial charge < -0.3 is 15.0 Å². The first kappa shape index (κ1) is 26.0. The van der Waals surface area contributed by atoms with Crippen LogP contribution in [0.3, 0.4) is 0 Å². The summed E-state index contributed by atoms with van der Waals surface area (Å²) in [5.41, 5.74) is 3.53. The third kappa shape index (κ3) is 9.64. The molecule has 0 radical (unpaired) electrons. The number of allylic oxidation sites excluding steroid dienone is 2. The van der Waals surface area contributed by atoms with Gasteiger partial charge in [0, 0.05) is 38.9 Å². The Labute approximate surface area is 187 Å². The standard InChI is InChI=1S/C25H37ClN2O2/c1-6-10-22(11-8-17-28(4)7-2)24(19-21-12-14-23(26)15-13-21)20(3)25(29)27-16-9-18-30-5/h7-8,11-15,20H,2,6,9-10,16-19H2,1,3-5H3,(H,27,29)/b11-8-,24-22-. The van der Waals surface area contributed by atoms with Crippen molar-refractivity contribution in [2.45, 2.75) is 39.5 Å². The number of rotatable bonds is 14. The van der Waals surface area contributed by atoms with E-state index in [4.69, 9.17) is 16.3 Å². The minimum absolute atomic E-state index is 0.0558. The minimum Gasteiger partial charge on any atom is -0.385 e. The molecule has 30 heavy (non-hydrogen) atoms. The molecule has 1 N–H and O–H groups in total. The molecule has 0 saturated carbocycles. The van der Waals surface area contributed by atoms with Gasteiger partial charge in [-0.1, -0.05) is 61.4 Å². The molecule has 1 unspecified atom stereocenters. The molecule has 0 aliphatic carbocycles. The van der Waals surface area contributed by atoms with Crippen molar-refractivity contribution in [3.8, 4) is 0 Å². The van der Waals surface area contributed by atoms with Crippen molar-refractivity contribution in [1.82, 2.24) is 10.2 Å². The molecule has 1 aromatic carbocycles. The van der Waals surface area contributed by atoms with Crippen LogP contribution >= 0.6 is 11.6 Å². The van der Waals surface area contributed by atoms with Crippen molar-refractivity contribution in [3.05, 3.63) is 70.9 Å². The van der Waals surface area contributed by atoms with E-state index >= 15 is 0 Å². The molecule has 1 aromatic rings. The highest BCUT2D eigenvalue weighted by atomic mass is 35.5. The van der Waals surface area contributed by atoms with E-state index in [-0.39, 0.29) is 11.8 Å². The van der Waals surface area contributed by atoms with Gasteiger partial charge in [0.25, 0.3) is 0 Å². The van der Waals surface area contributed by atoms with Crippen LogP contribution in [-0.2, 0) is 16.0 Å². The maximum absolute atomic E-state index is 12.9. The van der Waals surface area contributed by atoms with E-state index in [1.807, 2.05) is 43.1 Å². The lowest BCUT2D eigenvalue weighted by Crippen LogP contribution is -2.32. The Balaban J connectivity index is 3.15. The summed E-state index contributed by atoms with van der Waals surface area (Å²) in [6.07, 6.45) is 9.59. The number of amides is 1. The molecule has 0 heterocycles. The predicted octanol–water partition coefficient (Wildman–Crippen LogP) is 5.40. The van der Waals surface area contributed by atoms with Gasteiger partial charge in [-0.15, -0.1) is 0 Å². The van der Waals surface area contributed by atoms with Crippen LogP contribution in [0.5, 0.6) is 0 Å². The van der Waals surface area contributed by atoms with Crippen LogP contribution in [0.25, 0.3) is 0 Å². The monoisotopic (exact) mass is 432 g/mol. The van der Waals surface area contributed by atoms with E-state index in [0.717, 1.165) is 43.4 Å². The quantitative estimate of drug-likeness (QED) is 0.316. The van der Waals surface area contributed by atoms with Gasteiger partial charge in [-0.05, 0) is 55.7 Å². The van der Waals surface area contributed by atoms with Gasteiger partial charge in [0.15, 0.2) is 0 Å². The molecule has 0 aromatic heterocycles. The van der Waals surface area contributed by atoms with Gasteiger partial charge in [-0.3, -0.25) is 4.79 Å². The van der Waals surface area contributed by atoms with Crippen molar-refractivity contribution >= 4 is 17.5 Å². The van der Waals surface area contributed by atoms with E-state index in [1.54, 1.807) is 13.3 Å². The summed E-state index contributed by atoms with van der Waals surface area (Å²) in [5, 5.41) is 3.77. The average molecular weight is 433 g/mol. The van der Waals surface area contributed by atoms with Crippen molar-refractivity contribution < 1.29 is 9.53 Å². The molecule has 0 aliphatic rings. The summed E-state index contributed by atoms with van der Waals surface area (Å²) in [6, 6.07) is 7.87. The number of hydrogen-bond acceptors (Lipinski definition) is 3. The van der Waals surface area contributed by atoms with Crippen LogP contribution in [0, 0.1) is 5.92 Å². The molecular weight excluding hydrogens is 396 g/mol. The fraction of sp³-hybridized carbons (Fsp3) is 0.480. The maximum Gasteiger partial charge on any atom is 0.226 e. The largest absolute Gasteiger partial charge is 0.385 e. The molecule has 0 spiro atoms. The highest BCUT2D eigenvalue weighted by Crippen LogP contribution is 2.26. The molecule has 0 bridgehead atoms. The molecule has 0 fully saturated rings. The van der Waals surface area contributed by atoms with Crippen LogP contribution < -0.4 is 5.32 Å². The molecule has 4 nitrogen and oxygen atoms in total. The molecule has 1 atom stereocenters.